The smallest absolute Gasteiger partial charge is 0.240 e. The van der Waals surface area contributed by atoms with E-state index >= 15 is 0 Å². The molecule has 0 aliphatic heterocycles. The van der Waals surface area contributed by atoms with Crippen LogP contribution in [0.5, 0.6) is 0 Å². The summed E-state index contributed by atoms with van der Waals surface area (Å²) in [5.41, 5.74) is 0.898. The van der Waals surface area contributed by atoms with Crippen LogP contribution in [0.25, 0.3) is 0 Å². The van der Waals surface area contributed by atoms with Crippen molar-refractivity contribution < 1.29 is 8.42 Å². The number of rotatable bonds is 8. The molecule has 20 heavy (non-hydrogen) atoms. The highest BCUT2D eigenvalue weighted by Gasteiger charge is 2.18. The van der Waals surface area contributed by atoms with Crippen LogP contribution in [0.15, 0.2) is 23.1 Å². The monoisotopic (exact) mass is 318 g/mol. The Bertz CT molecular complexity index is 528. The molecule has 0 saturated carbocycles. The number of hydrogen-bond donors (Lipinski definition) is 2. The standard InChI is InChI=1S/C14H23ClN2O2S/c1-4-12(5-2)17-20(18,19)13-8-7-11(10-16-6-3)14(15)9-13/h7-9,12,16-17H,4-6,10H2,1-3H3. The van der Waals surface area contributed by atoms with Crippen LogP contribution in [0, 0.1) is 0 Å². The van der Waals surface area contributed by atoms with Crippen molar-refractivity contribution in [3.63, 3.8) is 0 Å². The summed E-state index contributed by atoms with van der Waals surface area (Å²) in [6.07, 6.45) is 1.53. The van der Waals surface area contributed by atoms with Crippen LogP contribution in [0.1, 0.15) is 39.2 Å². The van der Waals surface area contributed by atoms with Gasteiger partial charge in [-0.3, -0.25) is 0 Å². The average Bonchev–Trinajstić information content (AvgIpc) is 2.43. The van der Waals surface area contributed by atoms with E-state index in [2.05, 4.69) is 10.0 Å². The van der Waals surface area contributed by atoms with E-state index in [0.29, 0.717) is 11.6 Å². The predicted molar refractivity (Wildman–Crippen MR) is 83.5 cm³/mol. The van der Waals surface area contributed by atoms with Crippen molar-refractivity contribution in [3.05, 3.63) is 28.8 Å². The largest absolute Gasteiger partial charge is 0.313 e. The summed E-state index contributed by atoms with van der Waals surface area (Å²) < 4.78 is 27.2. The Balaban J connectivity index is 2.93. The van der Waals surface area contributed by atoms with Crippen molar-refractivity contribution in [2.45, 2.75) is 51.1 Å². The Hall–Kier alpha value is -0.620. The zero-order valence-electron chi connectivity index (χ0n) is 12.2. The van der Waals surface area contributed by atoms with Crippen molar-refractivity contribution in [1.29, 1.82) is 0 Å². The lowest BCUT2D eigenvalue weighted by Gasteiger charge is -2.15. The maximum absolute atomic E-state index is 12.3. The van der Waals surface area contributed by atoms with E-state index in [-0.39, 0.29) is 10.9 Å². The maximum atomic E-state index is 12.3. The first-order chi connectivity index (χ1) is 9.44. The first-order valence-electron chi connectivity index (χ1n) is 6.96. The van der Waals surface area contributed by atoms with Gasteiger partial charge in [-0.2, -0.15) is 0 Å². The molecule has 0 atom stereocenters. The van der Waals surface area contributed by atoms with Gasteiger partial charge in [-0.1, -0.05) is 38.4 Å². The molecule has 1 rings (SSSR count). The predicted octanol–water partition coefficient (Wildman–Crippen LogP) is 2.92. The number of hydrogen-bond acceptors (Lipinski definition) is 3. The fourth-order valence-corrected chi connectivity index (χ4v) is 3.58. The van der Waals surface area contributed by atoms with E-state index in [0.717, 1.165) is 24.9 Å². The molecule has 1 aromatic carbocycles. The average molecular weight is 319 g/mol. The van der Waals surface area contributed by atoms with Crippen LogP contribution in [-0.2, 0) is 16.6 Å². The lowest BCUT2D eigenvalue weighted by Crippen LogP contribution is -2.33. The molecule has 2 N–H and O–H groups in total. The molecule has 0 heterocycles. The summed E-state index contributed by atoms with van der Waals surface area (Å²) in [7, 11) is -3.50. The molecular weight excluding hydrogens is 296 g/mol. The van der Waals surface area contributed by atoms with Gasteiger partial charge in [0, 0.05) is 17.6 Å². The number of benzene rings is 1. The summed E-state index contributed by atoms with van der Waals surface area (Å²) in [4.78, 5) is 0.217. The zero-order chi connectivity index (χ0) is 15.2. The Morgan fingerprint density at radius 1 is 1.20 bits per heavy atom. The highest BCUT2D eigenvalue weighted by Crippen LogP contribution is 2.21. The molecule has 0 spiro atoms. The van der Waals surface area contributed by atoms with E-state index in [1.54, 1.807) is 12.1 Å². The minimum Gasteiger partial charge on any atom is -0.313 e. The Labute approximate surface area is 127 Å². The van der Waals surface area contributed by atoms with Gasteiger partial charge < -0.3 is 5.32 Å². The lowest BCUT2D eigenvalue weighted by atomic mass is 10.2. The third-order valence-corrected chi connectivity index (χ3v) is 5.08. The second-order valence-corrected chi connectivity index (χ2v) is 6.79. The van der Waals surface area contributed by atoms with Crippen molar-refractivity contribution >= 4 is 21.6 Å². The molecule has 0 bridgehead atoms. The molecule has 4 nitrogen and oxygen atoms in total. The first-order valence-corrected chi connectivity index (χ1v) is 8.82. The minimum atomic E-state index is -3.50. The molecule has 0 aromatic heterocycles. The molecule has 0 amide bonds. The number of nitrogens with one attached hydrogen (secondary N) is 2. The van der Waals surface area contributed by atoms with Crippen LogP contribution in [-0.4, -0.2) is 21.0 Å². The van der Waals surface area contributed by atoms with Crippen molar-refractivity contribution in [1.82, 2.24) is 10.0 Å². The molecule has 0 unspecified atom stereocenters. The van der Waals surface area contributed by atoms with Gasteiger partial charge in [0.1, 0.15) is 0 Å². The van der Waals surface area contributed by atoms with Crippen LogP contribution < -0.4 is 10.0 Å². The fraction of sp³-hybridized carbons (Fsp3) is 0.571. The third kappa shape index (κ3) is 4.74. The SMILES string of the molecule is CCNCc1ccc(S(=O)(=O)NC(CC)CC)cc1Cl. The van der Waals surface area contributed by atoms with Crippen molar-refractivity contribution in [2.24, 2.45) is 0 Å². The van der Waals surface area contributed by atoms with E-state index in [1.807, 2.05) is 20.8 Å². The van der Waals surface area contributed by atoms with Gasteiger partial charge >= 0.3 is 0 Å². The quantitative estimate of drug-likeness (QED) is 0.775. The summed E-state index contributed by atoms with van der Waals surface area (Å²) in [6, 6.07) is 4.83. The Morgan fingerprint density at radius 2 is 1.85 bits per heavy atom. The van der Waals surface area contributed by atoms with E-state index in [4.69, 9.17) is 11.6 Å². The number of sulfonamides is 1. The van der Waals surface area contributed by atoms with Crippen LogP contribution in [0.2, 0.25) is 5.02 Å². The van der Waals surface area contributed by atoms with Gasteiger partial charge in [-0.05, 0) is 37.1 Å². The normalized spacial score (nSPS) is 12.1. The minimum absolute atomic E-state index is 0.0415. The highest BCUT2D eigenvalue weighted by molar-refractivity contribution is 7.89. The zero-order valence-corrected chi connectivity index (χ0v) is 13.8. The van der Waals surface area contributed by atoms with Gasteiger partial charge in [-0.15, -0.1) is 0 Å². The second kappa shape index (κ2) is 7.98. The lowest BCUT2D eigenvalue weighted by molar-refractivity contribution is 0.530. The first kappa shape index (κ1) is 17.4. The van der Waals surface area contributed by atoms with Crippen molar-refractivity contribution in [3.8, 4) is 0 Å². The molecule has 0 radical (unpaired) electrons. The molecule has 6 heteroatoms. The molecule has 1 aromatic rings. The van der Waals surface area contributed by atoms with Gasteiger partial charge in [-0.25, -0.2) is 13.1 Å². The van der Waals surface area contributed by atoms with Gasteiger partial charge in [0.05, 0.1) is 4.90 Å². The van der Waals surface area contributed by atoms with E-state index in [1.165, 1.54) is 6.07 Å². The second-order valence-electron chi connectivity index (χ2n) is 4.67. The summed E-state index contributed by atoms with van der Waals surface area (Å²) in [5.74, 6) is 0. The third-order valence-electron chi connectivity index (χ3n) is 3.21. The molecule has 0 aliphatic carbocycles. The fourth-order valence-electron chi connectivity index (χ4n) is 1.84. The highest BCUT2D eigenvalue weighted by atomic mass is 35.5. The van der Waals surface area contributed by atoms with Crippen molar-refractivity contribution in [2.75, 3.05) is 6.54 Å². The molecule has 0 aliphatic rings. The summed E-state index contributed by atoms with van der Waals surface area (Å²) in [5, 5.41) is 3.64. The van der Waals surface area contributed by atoms with Gasteiger partial charge in [0.15, 0.2) is 0 Å². The molecule has 0 saturated heterocycles. The Morgan fingerprint density at radius 3 is 2.35 bits per heavy atom. The Kier molecular flexibility index (Phi) is 6.95. The topological polar surface area (TPSA) is 58.2 Å². The van der Waals surface area contributed by atoms with Gasteiger partial charge in [0.25, 0.3) is 0 Å². The number of halogens is 1. The maximum Gasteiger partial charge on any atom is 0.240 e. The van der Waals surface area contributed by atoms with Gasteiger partial charge in [0.2, 0.25) is 10.0 Å². The summed E-state index contributed by atoms with van der Waals surface area (Å²) >= 11 is 6.14. The van der Waals surface area contributed by atoms with Crippen LogP contribution in [0.3, 0.4) is 0 Å². The molecular formula is C14H23ClN2O2S. The van der Waals surface area contributed by atoms with E-state index < -0.39 is 10.0 Å². The molecule has 0 fully saturated rings. The molecule has 114 valence electrons. The van der Waals surface area contributed by atoms with Crippen LogP contribution >= 0.6 is 11.6 Å². The summed E-state index contributed by atoms with van der Waals surface area (Å²) in [6.45, 7) is 7.40. The van der Waals surface area contributed by atoms with Crippen LogP contribution in [0.4, 0.5) is 0 Å². The van der Waals surface area contributed by atoms with E-state index in [9.17, 15) is 8.42 Å².